The quantitative estimate of drug-likeness (QED) is 0.341. The van der Waals surface area contributed by atoms with Crippen molar-refractivity contribution in [1.29, 1.82) is 0 Å². The average molecular weight is 442 g/mol. The molecule has 0 aliphatic carbocycles. The van der Waals surface area contributed by atoms with E-state index in [0.29, 0.717) is 22.6 Å². The summed E-state index contributed by atoms with van der Waals surface area (Å²) in [5, 5.41) is 1.10. The van der Waals surface area contributed by atoms with Gasteiger partial charge in [0.15, 0.2) is 5.16 Å². The number of hydrogen-bond acceptors (Lipinski definition) is 4. The summed E-state index contributed by atoms with van der Waals surface area (Å²) in [5.41, 5.74) is 5.62. The van der Waals surface area contributed by atoms with Gasteiger partial charge < -0.3 is 4.90 Å². The summed E-state index contributed by atoms with van der Waals surface area (Å²) in [4.78, 5) is 33.2. The van der Waals surface area contributed by atoms with Gasteiger partial charge in [-0.25, -0.2) is 4.98 Å². The summed E-state index contributed by atoms with van der Waals surface area (Å²) in [7, 11) is 0. The largest absolute Gasteiger partial charge is 0.311 e. The summed E-state index contributed by atoms with van der Waals surface area (Å²) in [6, 6.07) is 21.3. The fraction of sp³-hybridized carbons (Fsp3) is 0.192. The Kier molecular flexibility index (Phi) is 5.31. The summed E-state index contributed by atoms with van der Waals surface area (Å²) in [6.45, 7) is 4.72. The Morgan fingerprint density at radius 1 is 0.969 bits per heavy atom. The lowest BCUT2D eigenvalue weighted by molar-refractivity contribution is -0.116. The van der Waals surface area contributed by atoms with Gasteiger partial charge in [-0.3, -0.25) is 14.2 Å². The number of carbonyl (C=O) groups excluding carboxylic acids is 1. The van der Waals surface area contributed by atoms with Gasteiger partial charge in [-0.15, -0.1) is 0 Å². The lowest BCUT2D eigenvalue weighted by Gasteiger charge is -2.19. The van der Waals surface area contributed by atoms with Gasteiger partial charge in [0.1, 0.15) is 0 Å². The zero-order valence-electron chi connectivity index (χ0n) is 18.0. The molecule has 0 spiro atoms. The maximum Gasteiger partial charge on any atom is 0.266 e. The Bertz CT molecular complexity index is 1410. The van der Waals surface area contributed by atoms with Gasteiger partial charge in [-0.2, -0.15) is 0 Å². The number of benzene rings is 3. The van der Waals surface area contributed by atoms with Crippen LogP contribution in [0.25, 0.3) is 16.6 Å². The second kappa shape index (κ2) is 8.28. The Morgan fingerprint density at radius 3 is 2.59 bits per heavy atom. The SMILES string of the molecule is Cc1cccc(-n2c(SCC(=O)N3CCc4ccccc43)nc3ccccc3c2=O)c1C. The van der Waals surface area contributed by atoms with E-state index >= 15 is 0 Å². The van der Waals surface area contributed by atoms with Crippen molar-refractivity contribution < 1.29 is 4.79 Å². The molecule has 1 amide bonds. The first-order valence-corrected chi connectivity index (χ1v) is 11.6. The zero-order chi connectivity index (χ0) is 22.2. The van der Waals surface area contributed by atoms with Crippen molar-refractivity contribution in [2.24, 2.45) is 0 Å². The molecule has 0 unspecified atom stereocenters. The normalized spacial score (nSPS) is 12.9. The van der Waals surface area contributed by atoms with Gasteiger partial charge in [-0.1, -0.05) is 54.2 Å². The second-order valence-corrected chi connectivity index (χ2v) is 8.93. The van der Waals surface area contributed by atoms with E-state index in [0.717, 1.165) is 28.9 Å². The fourth-order valence-electron chi connectivity index (χ4n) is 4.20. The first-order chi connectivity index (χ1) is 15.5. The minimum atomic E-state index is -0.120. The van der Waals surface area contributed by atoms with Crippen LogP contribution in [-0.4, -0.2) is 27.8 Å². The Hall–Kier alpha value is -3.38. The van der Waals surface area contributed by atoms with E-state index in [1.54, 1.807) is 10.6 Å². The zero-order valence-corrected chi connectivity index (χ0v) is 18.9. The first kappa shape index (κ1) is 20.5. The molecule has 0 bridgehead atoms. The summed E-state index contributed by atoms with van der Waals surface area (Å²) in [5.74, 6) is 0.235. The Labute approximate surface area is 190 Å². The van der Waals surface area contributed by atoms with E-state index < -0.39 is 0 Å². The average Bonchev–Trinajstić information content (AvgIpc) is 3.24. The third-order valence-corrected chi connectivity index (χ3v) is 7.00. The Morgan fingerprint density at radius 2 is 1.72 bits per heavy atom. The third-order valence-electron chi connectivity index (χ3n) is 6.07. The van der Waals surface area contributed by atoms with Crippen molar-refractivity contribution in [1.82, 2.24) is 9.55 Å². The fourth-order valence-corrected chi connectivity index (χ4v) is 5.08. The van der Waals surface area contributed by atoms with Crippen molar-refractivity contribution in [2.75, 3.05) is 17.2 Å². The molecule has 0 saturated carbocycles. The lowest BCUT2D eigenvalue weighted by Crippen LogP contribution is -2.31. The molecule has 0 radical (unpaired) electrons. The molecule has 5 rings (SSSR count). The van der Waals surface area contributed by atoms with Crippen molar-refractivity contribution >= 4 is 34.3 Å². The molecule has 160 valence electrons. The highest BCUT2D eigenvalue weighted by atomic mass is 32.2. The molecule has 4 aromatic rings. The number of hydrogen-bond donors (Lipinski definition) is 0. The van der Waals surface area contributed by atoms with Crippen LogP contribution in [0.2, 0.25) is 0 Å². The molecule has 0 fully saturated rings. The second-order valence-electron chi connectivity index (χ2n) is 7.98. The molecular weight excluding hydrogens is 418 g/mol. The van der Waals surface area contributed by atoms with Crippen LogP contribution in [0.4, 0.5) is 5.69 Å². The first-order valence-electron chi connectivity index (χ1n) is 10.6. The molecule has 2 heterocycles. The van der Waals surface area contributed by atoms with Crippen LogP contribution in [0.15, 0.2) is 76.7 Å². The van der Waals surface area contributed by atoms with Crippen LogP contribution in [0.3, 0.4) is 0 Å². The monoisotopic (exact) mass is 441 g/mol. The van der Waals surface area contributed by atoms with Crippen LogP contribution in [0, 0.1) is 13.8 Å². The number of para-hydroxylation sites is 2. The van der Waals surface area contributed by atoms with Crippen LogP contribution >= 0.6 is 11.8 Å². The topological polar surface area (TPSA) is 55.2 Å². The van der Waals surface area contributed by atoms with Gasteiger partial charge in [0.2, 0.25) is 5.91 Å². The number of fused-ring (bicyclic) bond motifs is 2. The highest BCUT2D eigenvalue weighted by Gasteiger charge is 2.25. The number of anilines is 1. The van der Waals surface area contributed by atoms with Crippen molar-refractivity contribution in [2.45, 2.75) is 25.4 Å². The number of thioether (sulfide) groups is 1. The molecule has 1 aromatic heterocycles. The van der Waals surface area contributed by atoms with E-state index in [9.17, 15) is 9.59 Å². The van der Waals surface area contributed by atoms with Crippen LogP contribution in [0.5, 0.6) is 0 Å². The molecule has 1 aliphatic heterocycles. The number of carbonyl (C=O) groups is 1. The van der Waals surface area contributed by atoms with E-state index in [4.69, 9.17) is 4.98 Å². The number of rotatable bonds is 4. The minimum absolute atomic E-state index is 0.0230. The minimum Gasteiger partial charge on any atom is -0.311 e. The summed E-state index contributed by atoms with van der Waals surface area (Å²) < 4.78 is 1.65. The van der Waals surface area contributed by atoms with E-state index in [1.165, 1.54) is 17.3 Å². The van der Waals surface area contributed by atoms with Gasteiger partial charge in [0, 0.05) is 12.2 Å². The number of nitrogens with zero attached hydrogens (tertiary/aromatic N) is 3. The van der Waals surface area contributed by atoms with Crippen molar-refractivity contribution in [3.63, 3.8) is 0 Å². The predicted octanol–water partition coefficient (Wildman–Crippen LogP) is 4.68. The number of amides is 1. The lowest BCUT2D eigenvalue weighted by atomic mass is 10.1. The van der Waals surface area contributed by atoms with E-state index in [2.05, 4.69) is 6.07 Å². The maximum atomic E-state index is 13.5. The predicted molar refractivity (Wildman–Crippen MR) is 130 cm³/mol. The molecular formula is C26H23N3O2S. The van der Waals surface area contributed by atoms with E-state index in [-0.39, 0.29) is 17.2 Å². The highest BCUT2D eigenvalue weighted by Crippen LogP contribution is 2.29. The van der Waals surface area contributed by atoms with E-state index in [1.807, 2.05) is 73.3 Å². The molecule has 0 saturated heterocycles. The van der Waals surface area contributed by atoms with Gasteiger partial charge in [0.25, 0.3) is 5.56 Å². The van der Waals surface area contributed by atoms with Crippen molar-refractivity contribution in [3.05, 3.63) is 93.8 Å². The summed E-state index contributed by atoms with van der Waals surface area (Å²) >= 11 is 1.32. The molecule has 1 aliphatic rings. The van der Waals surface area contributed by atoms with Crippen LogP contribution in [-0.2, 0) is 11.2 Å². The molecule has 32 heavy (non-hydrogen) atoms. The molecule has 0 N–H and O–H groups in total. The highest BCUT2D eigenvalue weighted by molar-refractivity contribution is 7.99. The van der Waals surface area contributed by atoms with Crippen LogP contribution in [0.1, 0.15) is 16.7 Å². The summed E-state index contributed by atoms with van der Waals surface area (Å²) in [6.07, 6.45) is 0.869. The molecule has 5 nitrogen and oxygen atoms in total. The van der Waals surface area contributed by atoms with Crippen molar-refractivity contribution in [3.8, 4) is 5.69 Å². The third kappa shape index (κ3) is 3.50. The van der Waals surface area contributed by atoms with Gasteiger partial charge in [-0.05, 0) is 61.2 Å². The van der Waals surface area contributed by atoms with Gasteiger partial charge in [0.05, 0.1) is 22.3 Å². The smallest absolute Gasteiger partial charge is 0.266 e. The Balaban J connectivity index is 1.54. The van der Waals surface area contributed by atoms with Gasteiger partial charge >= 0.3 is 0 Å². The molecule has 3 aromatic carbocycles. The number of aryl methyl sites for hydroxylation is 1. The number of aromatic nitrogens is 2. The maximum absolute atomic E-state index is 13.5. The molecule has 0 atom stereocenters. The molecule has 6 heteroatoms. The van der Waals surface area contributed by atoms with Crippen LogP contribution < -0.4 is 10.5 Å². The standard InChI is InChI=1S/C26H23N3O2S/c1-17-8-7-13-22(18(17)2)29-25(31)20-10-4-5-11-21(20)27-26(29)32-16-24(30)28-15-14-19-9-3-6-12-23(19)28/h3-13H,14-16H2,1-2H3.